The van der Waals surface area contributed by atoms with Crippen LogP contribution in [0.25, 0.3) is 11.0 Å². The van der Waals surface area contributed by atoms with E-state index in [1.54, 1.807) is 31.4 Å². The number of aromatic nitrogens is 1. The van der Waals surface area contributed by atoms with Crippen LogP contribution >= 0.6 is 0 Å². The number of anilines is 1. The smallest absolute Gasteiger partial charge is 0.256 e. The zero-order chi connectivity index (χ0) is 14.8. The summed E-state index contributed by atoms with van der Waals surface area (Å²) in [6, 6.07) is 12.7. The minimum Gasteiger partial charge on any atom is -0.496 e. The Kier molecular flexibility index (Phi) is 3.31. The molecule has 1 aromatic heterocycles. The monoisotopic (exact) mass is 282 g/mol. The number of nitrogens with zero attached hydrogens (tertiary/aromatic N) is 1. The molecule has 5 heteroatoms. The van der Waals surface area contributed by atoms with E-state index in [0.717, 1.165) is 5.56 Å². The molecule has 0 atom stereocenters. The van der Waals surface area contributed by atoms with Crippen LogP contribution in [0.15, 0.2) is 47.0 Å². The van der Waals surface area contributed by atoms with Gasteiger partial charge in [-0.1, -0.05) is 28.9 Å². The van der Waals surface area contributed by atoms with Gasteiger partial charge in [0.1, 0.15) is 11.1 Å². The lowest BCUT2D eigenvalue weighted by Crippen LogP contribution is -2.12. The quantitative estimate of drug-likeness (QED) is 0.799. The van der Waals surface area contributed by atoms with E-state index in [4.69, 9.17) is 9.26 Å². The Hall–Kier alpha value is -2.82. The number of hydrogen-bond donors (Lipinski definition) is 1. The first-order valence-electron chi connectivity index (χ1n) is 6.49. The van der Waals surface area contributed by atoms with Crippen molar-refractivity contribution in [2.45, 2.75) is 6.92 Å². The van der Waals surface area contributed by atoms with Crippen molar-refractivity contribution in [2.75, 3.05) is 12.4 Å². The number of hydrogen-bond acceptors (Lipinski definition) is 4. The van der Waals surface area contributed by atoms with Gasteiger partial charge in [0.2, 0.25) is 0 Å². The number of benzene rings is 2. The largest absolute Gasteiger partial charge is 0.496 e. The van der Waals surface area contributed by atoms with Gasteiger partial charge < -0.3 is 14.6 Å². The molecule has 0 bridgehead atoms. The molecule has 3 rings (SSSR count). The SMILES string of the molecule is COc1cccc2onc(NC(=O)c3cccc(C)c3)c12. The summed E-state index contributed by atoms with van der Waals surface area (Å²) in [4.78, 5) is 12.3. The highest BCUT2D eigenvalue weighted by molar-refractivity contribution is 6.08. The van der Waals surface area contributed by atoms with Crippen LogP contribution in [0.4, 0.5) is 5.82 Å². The lowest BCUT2D eigenvalue weighted by Gasteiger charge is -2.05. The molecule has 0 spiro atoms. The van der Waals surface area contributed by atoms with Gasteiger partial charge in [-0.25, -0.2) is 0 Å². The second kappa shape index (κ2) is 5.28. The average molecular weight is 282 g/mol. The lowest BCUT2D eigenvalue weighted by atomic mass is 10.1. The maximum atomic E-state index is 12.3. The molecule has 0 aliphatic heterocycles. The summed E-state index contributed by atoms with van der Waals surface area (Å²) < 4.78 is 10.5. The van der Waals surface area contributed by atoms with Gasteiger partial charge in [0, 0.05) is 5.56 Å². The Labute approximate surface area is 121 Å². The molecule has 5 nitrogen and oxygen atoms in total. The minimum atomic E-state index is -0.236. The molecule has 0 aliphatic carbocycles. The van der Waals surface area contributed by atoms with Crippen molar-refractivity contribution in [1.82, 2.24) is 5.16 Å². The standard InChI is InChI=1S/C16H14N2O3/c1-10-5-3-6-11(9-10)16(19)17-15-14-12(20-2)7-4-8-13(14)21-18-15/h3-9H,1-2H3,(H,17,18,19). The molecule has 0 aliphatic rings. The summed E-state index contributed by atoms with van der Waals surface area (Å²) in [5, 5.41) is 7.32. The van der Waals surface area contributed by atoms with E-state index in [9.17, 15) is 4.79 Å². The Bertz CT molecular complexity index is 808. The maximum absolute atomic E-state index is 12.3. The number of methoxy groups -OCH3 is 1. The zero-order valence-corrected chi connectivity index (χ0v) is 11.7. The molecule has 106 valence electrons. The van der Waals surface area contributed by atoms with Crippen LogP contribution in [0.1, 0.15) is 15.9 Å². The Morgan fingerprint density at radius 1 is 1.24 bits per heavy atom. The van der Waals surface area contributed by atoms with Crippen LogP contribution < -0.4 is 10.1 Å². The van der Waals surface area contributed by atoms with Crippen LogP contribution in [0, 0.1) is 6.92 Å². The Morgan fingerprint density at radius 2 is 2.05 bits per heavy atom. The third-order valence-corrected chi connectivity index (χ3v) is 3.19. The molecular weight excluding hydrogens is 268 g/mol. The van der Waals surface area contributed by atoms with E-state index in [0.29, 0.717) is 28.1 Å². The number of fused-ring (bicyclic) bond motifs is 1. The lowest BCUT2D eigenvalue weighted by molar-refractivity contribution is 0.102. The van der Waals surface area contributed by atoms with Gasteiger partial charge in [0.25, 0.3) is 5.91 Å². The third-order valence-electron chi connectivity index (χ3n) is 3.19. The summed E-state index contributed by atoms with van der Waals surface area (Å²) in [6.07, 6.45) is 0. The van der Waals surface area contributed by atoms with E-state index in [1.165, 1.54) is 0 Å². The molecule has 1 N–H and O–H groups in total. The first kappa shape index (κ1) is 13.2. The summed E-state index contributed by atoms with van der Waals surface area (Å²) in [5.41, 5.74) is 2.15. The van der Waals surface area contributed by atoms with Crippen LogP contribution in [0.2, 0.25) is 0 Å². The molecule has 3 aromatic rings. The number of rotatable bonds is 3. The minimum absolute atomic E-state index is 0.236. The van der Waals surface area contributed by atoms with Crippen molar-refractivity contribution in [2.24, 2.45) is 0 Å². The van der Waals surface area contributed by atoms with Gasteiger partial charge in [-0.3, -0.25) is 4.79 Å². The number of carbonyl (C=O) groups is 1. The summed E-state index contributed by atoms with van der Waals surface area (Å²) in [7, 11) is 1.56. The van der Waals surface area contributed by atoms with E-state index < -0.39 is 0 Å². The van der Waals surface area contributed by atoms with Crippen molar-refractivity contribution in [3.8, 4) is 5.75 Å². The second-order valence-electron chi connectivity index (χ2n) is 4.69. The van der Waals surface area contributed by atoms with Gasteiger partial charge in [0.15, 0.2) is 11.4 Å². The highest BCUT2D eigenvalue weighted by Crippen LogP contribution is 2.32. The summed E-state index contributed by atoms with van der Waals surface area (Å²) in [6.45, 7) is 1.94. The van der Waals surface area contributed by atoms with Gasteiger partial charge in [0.05, 0.1) is 7.11 Å². The van der Waals surface area contributed by atoms with Crippen molar-refractivity contribution in [1.29, 1.82) is 0 Å². The van der Waals surface area contributed by atoms with Crippen LogP contribution in [-0.2, 0) is 0 Å². The zero-order valence-electron chi connectivity index (χ0n) is 11.7. The van der Waals surface area contributed by atoms with Crippen molar-refractivity contribution < 1.29 is 14.1 Å². The third kappa shape index (κ3) is 2.45. The summed E-state index contributed by atoms with van der Waals surface area (Å²) >= 11 is 0. The van der Waals surface area contributed by atoms with E-state index in [-0.39, 0.29) is 5.91 Å². The summed E-state index contributed by atoms with van der Waals surface area (Å²) in [5.74, 6) is 0.724. The van der Waals surface area contributed by atoms with Gasteiger partial charge in [-0.15, -0.1) is 0 Å². The highest BCUT2D eigenvalue weighted by Gasteiger charge is 2.16. The molecule has 0 radical (unpaired) electrons. The molecule has 2 aromatic carbocycles. The fourth-order valence-corrected chi connectivity index (χ4v) is 2.18. The predicted octanol–water partition coefficient (Wildman–Crippen LogP) is 3.40. The van der Waals surface area contributed by atoms with E-state index in [1.807, 2.05) is 25.1 Å². The maximum Gasteiger partial charge on any atom is 0.256 e. The number of nitrogens with one attached hydrogen (secondary N) is 1. The first-order chi connectivity index (χ1) is 10.2. The molecule has 0 fully saturated rings. The molecular formula is C16H14N2O3. The first-order valence-corrected chi connectivity index (χ1v) is 6.49. The fraction of sp³-hybridized carbons (Fsp3) is 0.125. The van der Waals surface area contributed by atoms with Crippen molar-refractivity contribution in [3.05, 3.63) is 53.6 Å². The van der Waals surface area contributed by atoms with Crippen LogP contribution in [0.3, 0.4) is 0 Å². The van der Waals surface area contributed by atoms with Crippen molar-refractivity contribution >= 4 is 22.7 Å². The molecule has 1 heterocycles. The topological polar surface area (TPSA) is 64.4 Å². The van der Waals surface area contributed by atoms with Gasteiger partial charge in [-0.05, 0) is 31.2 Å². The molecule has 0 unspecified atom stereocenters. The van der Waals surface area contributed by atoms with Gasteiger partial charge >= 0.3 is 0 Å². The molecule has 0 saturated heterocycles. The van der Waals surface area contributed by atoms with Gasteiger partial charge in [-0.2, -0.15) is 0 Å². The Morgan fingerprint density at radius 3 is 2.81 bits per heavy atom. The molecule has 21 heavy (non-hydrogen) atoms. The number of carbonyl (C=O) groups excluding carboxylic acids is 1. The predicted molar refractivity (Wildman–Crippen MR) is 79.7 cm³/mol. The van der Waals surface area contributed by atoms with Crippen LogP contribution in [0.5, 0.6) is 5.75 Å². The molecule has 1 amide bonds. The average Bonchev–Trinajstić information content (AvgIpc) is 2.90. The normalized spacial score (nSPS) is 10.6. The van der Waals surface area contributed by atoms with E-state index >= 15 is 0 Å². The number of ether oxygens (including phenoxy) is 1. The van der Waals surface area contributed by atoms with Crippen LogP contribution in [-0.4, -0.2) is 18.2 Å². The highest BCUT2D eigenvalue weighted by atomic mass is 16.5. The van der Waals surface area contributed by atoms with E-state index in [2.05, 4.69) is 10.5 Å². The fourth-order valence-electron chi connectivity index (χ4n) is 2.18. The Balaban J connectivity index is 1.97. The molecule has 0 saturated carbocycles. The van der Waals surface area contributed by atoms with Crippen molar-refractivity contribution in [3.63, 3.8) is 0 Å². The number of amides is 1. The number of aryl methyl sites for hydroxylation is 1. The second-order valence-corrected chi connectivity index (χ2v) is 4.69.